The Balaban J connectivity index is 1.91. The van der Waals surface area contributed by atoms with Crippen LogP contribution >= 0.6 is 0 Å². The Hall–Kier alpha value is -0.903. The Bertz CT molecular complexity index is 438. The van der Waals surface area contributed by atoms with Gasteiger partial charge in [0.05, 0.1) is 21.3 Å². The van der Waals surface area contributed by atoms with E-state index in [0.29, 0.717) is 0 Å². The van der Waals surface area contributed by atoms with Gasteiger partial charge in [-0.1, -0.05) is 61.2 Å². The average molecular weight is 289 g/mol. The lowest BCUT2D eigenvalue weighted by Gasteiger charge is -2.29. The quantitative estimate of drug-likeness (QED) is 0.747. The fourth-order valence-electron chi connectivity index (χ4n) is 3.00. The van der Waals surface area contributed by atoms with Crippen LogP contribution in [0.15, 0.2) is 30.8 Å². The molecule has 0 amide bonds. The number of morpholine rings is 1. The van der Waals surface area contributed by atoms with Crippen LogP contribution < -0.4 is 5.19 Å². The number of ether oxygens (including phenoxy) is 1. The molecule has 1 aromatic rings. The van der Waals surface area contributed by atoms with E-state index in [9.17, 15) is 0 Å². The molecule has 1 aromatic carbocycles. The lowest BCUT2D eigenvalue weighted by molar-refractivity contribution is 0.0379. The van der Waals surface area contributed by atoms with Crippen LogP contribution in [0.2, 0.25) is 19.1 Å². The van der Waals surface area contributed by atoms with Crippen molar-refractivity contribution >= 4 is 19.3 Å². The largest absolute Gasteiger partial charge is 0.379 e. The fourth-order valence-corrected chi connectivity index (χ4v) is 5.82. The van der Waals surface area contributed by atoms with Crippen molar-refractivity contribution in [2.24, 2.45) is 0 Å². The van der Waals surface area contributed by atoms with Gasteiger partial charge in [0.25, 0.3) is 0 Å². The highest BCUT2D eigenvalue weighted by Gasteiger charge is 2.25. The van der Waals surface area contributed by atoms with Crippen LogP contribution in [0.4, 0.5) is 0 Å². The van der Waals surface area contributed by atoms with Gasteiger partial charge in [0, 0.05) is 13.1 Å². The van der Waals surface area contributed by atoms with E-state index >= 15 is 0 Å². The van der Waals surface area contributed by atoms with Crippen LogP contribution in [-0.4, -0.2) is 45.8 Å². The fraction of sp³-hybridized carbons (Fsp3) is 0.529. The second kappa shape index (κ2) is 7.20. The van der Waals surface area contributed by atoms with E-state index in [1.54, 1.807) is 5.19 Å². The van der Waals surface area contributed by atoms with Gasteiger partial charge in [0.2, 0.25) is 0 Å². The summed E-state index contributed by atoms with van der Waals surface area (Å²) >= 11 is 0. The first-order chi connectivity index (χ1) is 9.63. The Morgan fingerprint density at radius 1 is 1.25 bits per heavy atom. The van der Waals surface area contributed by atoms with Crippen LogP contribution in [0.3, 0.4) is 0 Å². The summed E-state index contributed by atoms with van der Waals surface area (Å²) in [6, 6.07) is 10.1. The van der Waals surface area contributed by atoms with Crippen molar-refractivity contribution in [3.63, 3.8) is 0 Å². The monoisotopic (exact) mass is 289 g/mol. The molecular weight excluding hydrogens is 262 g/mol. The predicted octanol–water partition coefficient (Wildman–Crippen LogP) is 2.97. The van der Waals surface area contributed by atoms with Gasteiger partial charge in [0.15, 0.2) is 0 Å². The summed E-state index contributed by atoms with van der Waals surface area (Å²) in [4.78, 5) is 2.54. The Morgan fingerprint density at radius 3 is 2.65 bits per heavy atom. The van der Waals surface area contributed by atoms with E-state index in [-0.39, 0.29) is 0 Å². The molecule has 1 aliphatic rings. The van der Waals surface area contributed by atoms with E-state index in [4.69, 9.17) is 4.74 Å². The number of hydrogen-bond donors (Lipinski definition) is 0. The molecule has 2 nitrogen and oxygen atoms in total. The molecule has 1 heterocycles. The third kappa shape index (κ3) is 4.04. The van der Waals surface area contributed by atoms with Gasteiger partial charge >= 0.3 is 0 Å². The van der Waals surface area contributed by atoms with Crippen molar-refractivity contribution in [2.45, 2.75) is 25.6 Å². The maximum atomic E-state index is 5.40. The molecule has 0 N–H and O–H groups in total. The number of rotatable bonds is 6. The zero-order valence-corrected chi connectivity index (χ0v) is 13.9. The van der Waals surface area contributed by atoms with Crippen LogP contribution in [0, 0.1) is 0 Å². The molecule has 110 valence electrons. The Morgan fingerprint density at radius 2 is 1.95 bits per heavy atom. The van der Waals surface area contributed by atoms with E-state index in [1.807, 2.05) is 6.08 Å². The Labute approximate surface area is 124 Å². The molecule has 0 bridgehead atoms. The van der Waals surface area contributed by atoms with E-state index in [1.165, 1.54) is 24.6 Å². The summed E-state index contributed by atoms with van der Waals surface area (Å²) in [5.41, 5.74) is 1.33. The number of nitrogens with zero attached hydrogens (tertiary/aromatic N) is 1. The molecule has 3 heteroatoms. The van der Waals surface area contributed by atoms with Crippen LogP contribution in [0.1, 0.15) is 12.0 Å². The van der Waals surface area contributed by atoms with Crippen molar-refractivity contribution < 1.29 is 4.74 Å². The first-order valence-corrected chi connectivity index (χ1v) is 10.9. The third-order valence-electron chi connectivity index (χ3n) is 4.29. The zero-order chi connectivity index (χ0) is 14.4. The average Bonchev–Trinajstić information content (AvgIpc) is 2.48. The highest BCUT2D eigenvalue weighted by molar-refractivity contribution is 6.90. The lowest BCUT2D eigenvalue weighted by atomic mass is 10.2. The van der Waals surface area contributed by atoms with Gasteiger partial charge in [-0.25, -0.2) is 0 Å². The van der Waals surface area contributed by atoms with Crippen molar-refractivity contribution in [1.29, 1.82) is 0 Å². The minimum Gasteiger partial charge on any atom is -0.379 e. The standard InChI is InChI=1S/C17H27NOSi/c1-4-16-8-5-6-9-17(16)20(2,3)15-7-10-18-11-13-19-14-12-18/h4-6,8-9H,1,7,10-15H2,2-3H3. The van der Waals surface area contributed by atoms with E-state index < -0.39 is 8.07 Å². The Kier molecular flexibility index (Phi) is 5.58. The minimum absolute atomic E-state index is 0.903. The maximum absolute atomic E-state index is 5.40. The summed E-state index contributed by atoms with van der Waals surface area (Å²) in [5, 5.41) is 1.55. The molecule has 1 saturated heterocycles. The van der Waals surface area contributed by atoms with Crippen LogP contribution in [-0.2, 0) is 4.74 Å². The molecule has 0 radical (unpaired) electrons. The molecule has 1 fully saturated rings. The van der Waals surface area contributed by atoms with Crippen molar-refractivity contribution in [3.8, 4) is 0 Å². The summed E-state index contributed by atoms with van der Waals surface area (Å²) in [7, 11) is -1.36. The molecule has 0 aromatic heterocycles. The smallest absolute Gasteiger partial charge is 0.0814 e. The normalized spacial score (nSPS) is 17.1. The summed E-state index contributed by atoms with van der Waals surface area (Å²) in [6.07, 6.45) is 3.30. The highest BCUT2D eigenvalue weighted by atomic mass is 28.3. The molecule has 0 aliphatic carbocycles. The van der Waals surface area contributed by atoms with Crippen LogP contribution in [0.25, 0.3) is 6.08 Å². The molecule has 0 atom stereocenters. The molecule has 0 spiro atoms. The van der Waals surface area contributed by atoms with Gasteiger partial charge in [-0.2, -0.15) is 0 Å². The molecule has 0 saturated carbocycles. The first kappa shape index (κ1) is 15.5. The minimum atomic E-state index is -1.36. The van der Waals surface area contributed by atoms with Gasteiger partial charge in [-0.3, -0.25) is 4.90 Å². The van der Waals surface area contributed by atoms with E-state index in [2.05, 4.69) is 48.8 Å². The number of hydrogen-bond acceptors (Lipinski definition) is 2. The molecule has 2 rings (SSSR count). The topological polar surface area (TPSA) is 12.5 Å². The van der Waals surface area contributed by atoms with Gasteiger partial charge < -0.3 is 4.74 Å². The molecule has 20 heavy (non-hydrogen) atoms. The van der Waals surface area contributed by atoms with Gasteiger partial charge in [-0.15, -0.1) is 0 Å². The van der Waals surface area contributed by atoms with Crippen LogP contribution in [0.5, 0.6) is 0 Å². The first-order valence-electron chi connectivity index (χ1n) is 7.65. The third-order valence-corrected chi connectivity index (χ3v) is 7.81. The maximum Gasteiger partial charge on any atom is 0.0814 e. The SMILES string of the molecule is C=Cc1ccccc1[Si](C)(C)CCCN1CCOCC1. The molecular formula is C17H27NOSi. The zero-order valence-electron chi connectivity index (χ0n) is 12.9. The van der Waals surface area contributed by atoms with Crippen molar-refractivity contribution in [3.05, 3.63) is 36.4 Å². The second-order valence-corrected chi connectivity index (χ2v) is 11.0. The van der Waals surface area contributed by atoms with Crippen molar-refractivity contribution in [1.82, 2.24) is 4.90 Å². The molecule has 1 aliphatic heterocycles. The number of benzene rings is 1. The van der Waals surface area contributed by atoms with Gasteiger partial charge in [0.1, 0.15) is 0 Å². The highest BCUT2D eigenvalue weighted by Crippen LogP contribution is 2.16. The summed E-state index contributed by atoms with van der Waals surface area (Å²) in [5.74, 6) is 0. The van der Waals surface area contributed by atoms with E-state index in [0.717, 1.165) is 26.3 Å². The predicted molar refractivity (Wildman–Crippen MR) is 90.3 cm³/mol. The van der Waals surface area contributed by atoms with Crippen molar-refractivity contribution in [2.75, 3.05) is 32.8 Å². The summed E-state index contributed by atoms with van der Waals surface area (Å²) < 4.78 is 5.40. The second-order valence-electron chi connectivity index (χ2n) is 6.23. The molecule has 0 unspecified atom stereocenters. The summed E-state index contributed by atoms with van der Waals surface area (Å²) in [6.45, 7) is 14.1. The lowest BCUT2D eigenvalue weighted by Crippen LogP contribution is -2.44. The van der Waals surface area contributed by atoms with Gasteiger partial charge in [-0.05, 0) is 18.5 Å².